The molecule has 1 heteroatoms. The van der Waals surface area contributed by atoms with E-state index in [9.17, 15) is 0 Å². The van der Waals surface area contributed by atoms with Crippen molar-refractivity contribution in [3.05, 3.63) is 0 Å². The zero-order chi connectivity index (χ0) is 4.57. The first-order valence-corrected chi connectivity index (χ1v) is 2.88. The number of hydrogen-bond donors (Lipinski definition) is 0. The molecule has 0 bridgehead atoms. The summed E-state index contributed by atoms with van der Waals surface area (Å²) in [5.41, 5.74) is 0. The van der Waals surface area contributed by atoms with Crippen LogP contribution in [0.25, 0.3) is 0 Å². The SMILES string of the molecule is CC1CC[C@@H]1Cl. The van der Waals surface area contributed by atoms with E-state index >= 15 is 0 Å². The lowest BCUT2D eigenvalue weighted by Gasteiger charge is -2.27. The van der Waals surface area contributed by atoms with Gasteiger partial charge in [-0.15, -0.1) is 11.6 Å². The van der Waals surface area contributed by atoms with E-state index in [0.29, 0.717) is 5.38 Å². The predicted octanol–water partition coefficient (Wildman–Crippen LogP) is 2.02. The zero-order valence-electron chi connectivity index (χ0n) is 3.95. The fourth-order valence-corrected chi connectivity index (χ4v) is 0.878. The summed E-state index contributed by atoms with van der Waals surface area (Å²) >= 11 is 5.70. The van der Waals surface area contributed by atoms with Crippen molar-refractivity contribution in [3.63, 3.8) is 0 Å². The van der Waals surface area contributed by atoms with Crippen LogP contribution in [-0.4, -0.2) is 5.38 Å². The normalized spacial score (nSPS) is 45.0. The molecule has 0 heterocycles. The monoisotopic (exact) mass is 104 g/mol. The van der Waals surface area contributed by atoms with E-state index < -0.39 is 0 Å². The molecule has 1 fully saturated rings. The lowest BCUT2D eigenvalue weighted by Crippen LogP contribution is -2.22. The standard InChI is InChI=1S/C5H9Cl/c1-4-2-3-5(4)6/h4-5H,2-3H2,1H3/t4?,5-/m0/s1. The van der Waals surface area contributed by atoms with Gasteiger partial charge < -0.3 is 0 Å². The van der Waals surface area contributed by atoms with Gasteiger partial charge >= 0.3 is 0 Å². The molecular formula is C5H9Cl. The van der Waals surface area contributed by atoms with Crippen LogP contribution in [0.3, 0.4) is 0 Å². The Morgan fingerprint density at radius 2 is 2.00 bits per heavy atom. The molecule has 0 aromatic carbocycles. The summed E-state index contributed by atoms with van der Waals surface area (Å²) in [5, 5.41) is 0.505. The molecule has 0 spiro atoms. The van der Waals surface area contributed by atoms with Gasteiger partial charge in [-0.1, -0.05) is 6.92 Å². The molecule has 0 N–H and O–H groups in total. The van der Waals surface area contributed by atoms with Crippen LogP contribution in [0.2, 0.25) is 0 Å². The lowest BCUT2D eigenvalue weighted by atomic mass is 9.87. The minimum absolute atomic E-state index is 0.505. The van der Waals surface area contributed by atoms with E-state index in [1.165, 1.54) is 12.8 Å². The third-order valence-electron chi connectivity index (χ3n) is 1.52. The van der Waals surface area contributed by atoms with Crippen LogP contribution in [0.4, 0.5) is 0 Å². The average Bonchev–Trinajstić information content (AvgIpc) is 1.61. The van der Waals surface area contributed by atoms with E-state index in [2.05, 4.69) is 6.92 Å². The van der Waals surface area contributed by atoms with Crippen molar-refractivity contribution >= 4 is 11.6 Å². The summed E-state index contributed by atoms with van der Waals surface area (Å²) in [5.74, 6) is 0.798. The highest BCUT2D eigenvalue weighted by molar-refractivity contribution is 6.21. The molecule has 1 aliphatic carbocycles. The Kier molecular flexibility index (Phi) is 1.05. The fourth-order valence-electron chi connectivity index (χ4n) is 0.626. The van der Waals surface area contributed by atoms with Crippen LogP contribution in [0, 0.1) is 5.92 Å². The summed E-state index contributed by atoms with van der Waals surface area (Å²) in [4.78, 5) is 0. The Hall–Kier alpha value is 0.290. The highest BCUT2D eigenvalue weighted by Crippen LogP contribution is 2.30. The van der Waals surface area contributed by atoms with Crippen molar-refractivity contribution < 1.29 is 0 Å². The topological polar surface area (TPSA) is 0 Å². The smallest absolute Gasteiger partial charge is 0.0361 e. The molecule has 1 rings (SSSR count). The number of hydrogen-bond acceptors (Lipinski definition) is 0. The lowest BCUT2D eigenvalue weighted by molar-refractivity contribution is 0.356. The molecule has 36 valence electrons. The summed E-state index contributed by atoms with van der Waals surface area (Å²) in [6.45, 7) is 2.20. The number of rotatable bonds is 0. The summed E-state index contributed by atoms with van der Waals surface area (Å²) < 4.78 is 0. The van der Waals surface area contributed by atoms with Gasteiger partial charge in [-0.2, -0.15) is 0 Å². The molecule has 0 aromatic rings. The van der Waals surface area contributed by atoms with Crippen LogP contribution >= 0.6 is 11.6 Å². The molecule has 1 aliphatic rings. The predicted molar refractivity (Wildman–Crippen MR) is 28.0 cm³/mol. The summed E-state index contributed by atoms with van der Waals surface area (Å²) in [6.07, 6.45) is 2.58. The molecule has 6 heavy (non-hydrogen) atoms. The van der Waals surface area contributed by atoms with Gasteiger partial charge in [0.25, 0.3) is 0 Å². The van der Waals surface area contributed by atoms with Gasteiger partial charge in [-0.25, -0.2) is 0 Å². The maximum atomic E-state index is 5.70. The highest BCUT2D eigenvalue weighted by Gasteiger charge is 2.23. The molecule has 0 saturated heterocycles. The van der Waals surface area contributed by atoms with Crippen molar-refractivity contribution in [2.45, 2.75) is 25.1 Å². The second-order valence-corrected chi connectivity index (χ2v) is 2.63. The molecule has 0 aromatic heterocycles. The Balaban J connectivity index is 2.20. The Morgan fingerprint density at radius 3 is 2.00 bits per heavy atom. The molecule has 0 aliphatic heterocycles. The molecule has 1 unspecified atom stereocenters. The Labute approximate surface area is 43.5 Å². The van der Waals surface area contributed by atoms with Gasteiger partial charge in [0.2, 0.25) is 0 Å². The van der Waals surface area contributed by atoms with Gasteiger partial charge in [0.05, 0.1) is 0 Å². The van der Waals surface area contributed by atoms with Gasteiger partial charge in [-0.05, 0) is 18.8 Å². The third-order valence-corrected chi connectivity index (χ3v) is 2.16. The summed E-state index contributed by atoms with van der Waals surface area (Å²) in [6, 6.07) is 0. The van der Waals surface area contributed by atoms with E-state index in [4.69, 9.17) is 11.6 Å². The van der Waals surface area contributed by atoms with Gasteiger partial charge in [0.15, 0.2) is 0 Å². The average molecular weight is 105 g/mol. The second kappa shape index (κ2) is 1.42. The Bertz CT molecular complexity index is 43.9. The fraction of sp³-hybridized carbons (Fsp3) is 1.00. The maximum absolute atomic E-state index is 5.70. The van der Waals surface area contributed by atoms with Gasteiger partial charge in [0.1, 0.15) is 0 Å². The second-order valence-electron chi connectivity index (χ2n) is 2.07. The third kappa shape index (κ3) is 0.538. The molecule has 2 atom stereocenters. The van der Waals surface area contributed by atoms with Crippen molar-refractivity contribution in [1.29, 1.82) is 0 Å². The molecule has 0 radical (unpaired) electrons. The largest absolute Gasteiger partial charge is 0.123 e. The minimum atomic E-state index is 0.505. The summed E-state index contributed by atoms with van der Waals surface area (Å²) in [7, 11) is 0. The van der Waals surface area contributed by atoms with Crippen LogP contribution in [0.5, 0.6) is 0 Å². The van der Waals surface area contributed by atoms with E-state index in [0.717, 1.165) is 5.92 Å². The van der Waals surface area contributed by atoms with Crippen molar-refractivity contribution in [3.8, 4) is 0 Å². The highest BCUT2D eigenvalue weighted by atomic mass is 35.5. The van der Waals surface area contributed by atoms with Crippen LogP contribution in [-0.2, 0) is 0 Å². The first-order chi connectivity index (χ1) is 2.80. The van der Waals surface area contributed by atoms with Crippen LogP contribution < -0.4 is 0 Å². The zero-order valence-corrected chi connectivity index (χ0v) is 4.70. The van der Waals surface area contributed by atoms with Crippen LogP contribution in [0.1, 0.15) is 19.8 Å². The quantitative estimate of drug-likeness (QED) is 0.413. The molecule has 1 saturated carbocycles. The minimum Gasteiger partial charge on any atom is -0.123 e. The number of halogens is 1. The van der Waals surface area contributed by atoms with Crippen molar-refractivity contribution in [1.82, 2.24) is 0 Å². The molecular weight excluding hydrogens is 95.5 g/mol. The van der Waals surface area contributed by atoms with E-state index in [-0.39, 0.29) is 0 Å². The first-order valence-electron chi connectivity index (χ1n) is 2.45. The van der Waals surface area contributed by atoms with E-state index in [1.54, 1.807) is 0 Å². The van der Waals surface area contributed by atoms with Crippen molar-refractivity contribution in [2.24, 2.45) is 5.92 Å². The van der Waals surface area contributed by atoms with Crippen molar-refractivity contribution in [2.75, 3.05) is 0 Å². The maximum Gasteiger partial charge on any atom is 0.0361 e. The Morgan fingerprint density at radius 1 is 1.50 bits per heavy atom. The van der Waals surface area contributed by atoms with Gasteiger partial charge in [0, 0.05) is 5.38 Å². The molecule has 0 amide bonds. The van der Waals surface area contributed by atoms with Crippen LogP contribution in [0.15, 0.2) is 0 Å². The first kappa shape index (κ1) is 4.45. The molecule has 0 nitrogen and oxygen atoms in total. The van der Waals surface area contributed by atoms with Gasteiger partial charge in [-0.3, -0.25) is 0 Å². The van der Waals surface area contributed by atoms with E-state index in [1.807, 2.05) is 0 Å². The number of alkyl halides is 1.